The molecule has 0 aliphatic carbocycles. The van der Waals surface area contributed by atoms with Crippen LogP contribution in [0.25, 0.3) is 0 Å². The number of hydrogen-bond acceptors (Lipinski definition) is 3. The van der Waals surface area contributed by atoms with Crippen LogP contribution >= 0.6 is 15.9 Å². The normalized spacial score (nSPS) is 10.6. The van der Waals surface area contributed by atoms with Gasteiger partial charge >= 0.3 is 0 Å². The zero-order valence-corrected chi connectivity index (χ0v) is 15.5. The Morgan fingerprint density at radius 1 is 1.00 bits per heavy atom. The molecule has 0 bridgehead atoms. The van der Waals surface area contributed by atoms with Crippen molar-refractivity contribution in [1.82, 2.24) is 5.43 Å². The summed E-state index contributed by atoms with van der Waals surface area (Å²) in [5.74, 6) is -0.321. The lowest BCUT2D eigenvalue weighted by Crippen LogP contribution is -2.18. The number of benzene rings is 2. The van der Waals surface area contributed by atoms with Gasteiger partial charge in [0.15, 0.2) is 0 Å². The summed E-state index contributed by atoms with van der Waals surface area (Å²) >= 11 is 3.34. The first-order valence-electron chi connectivity index (χ1n) is 7.97. The lowest BCUT2D eigenvalue weighted by molar-refractivity contribution is -0.121. The molecule has 0 heterocycles. The Labute approximate surface area is 155 Å². The molecule has 0 unspecified atom stereocenters. The number of carbonyl (C=O) groups is 2. The van der Waals surface area contributed by atoms with Crippen LogP contribution < -0.4 is 10.7 Å². The van der Waals surface area contributed by atoms with Crippen molar-refractivity contribution >= 4 is 39.6 Å². The van der Waals surface area contributed by atoms with Crippen LogP contribution in [0.15, 0.2) is 58.1 Å². The number of hydrogen-bond donors (Lipinski definition) is 2. The van der Waals surface area contributed by atoms with Crippen LogP contribution in [-0.4, -0.2) is 18.0 Å². The van der Waals surface area contributed by atoms with Crippen molar-refractivity contribution in [2.75, 3.05) is 5.32 Å². The largest absolute Gasteiger partial charge is 0.326 e. The number of anilines is 1. The van der Waals surface area contributed by atoms with Crippen molar-refractivity contribution < 1.29 is 9.59 Å². The minimum absolute atomic E-state index is 0.113. The molecule has 2 amide bonds. The molecule has 2 rings (SSSR count). The topological polar surface area (TPSA) is 70.6 Å². The third-order valence-corrected chi connectivity index (χ3v) is 3.94. The van der Waals surface area contributed by atoms with Gasteiger partial charge in [0.1, 0.15) is 0 Å². The highest BCUT2D eigenvalue weighted by molar-refractivity contribution is 9.10. The number of rotatable bonds is 7. The Morgan fingerprint density at radius 2 is 1.64 bits per heavy atom. The van der Waals surface area contributed by atoms with E-state index >= 15 is 0 Å². The van der Waals surface area contributed by atoms with Crippen molar-refractivity contribution in [3.8, 4) is 0 Å². The molecule has 130 valence electrons. The van der Waals surface area contributed by atoms with Gasteiger partial charge in [-0.1, -0.05) is 45.8 Å². The maximum Gasteiger partial charge on any atom is 0.240 e. The Hall–Kier alpha value is -2.47. The molecule has 2 aromatic carbocycles. The zero-order chi connectivity index (χ0) is 18.1. The first-order chi connectivity index (χ1) is 12.0. The number of halogens is 1. The number of hydrazone groups is 1. The van der Waals surface area contributed by atoms with E-state index < -0.39 is 0 Å². The van der Waals surface area contributed by atoms with Crippen LogP contribution in [-0.2, 0) is 9.59 Å². The summed E-state index contributed by atoms with van der Waals surface area (Å²) in [6.45, 7) is 2.01. The Balaban J connectivity index is 1.65. The second-order valence-corrected chi connectivity index (χ2v) is 6.53. The highest BCUT2D eigenvalue weighted by atomic mass is 79.9. The Morgan fingerprint density at radius 3 is 2.32 bits per heavy atom. The second-order valence-electron chi connectivity index (χ2n) is 5.61. The predicted octanol–water partition coefficient (Wildman–Crippen LogP) is 4.02. The average Bonchev–Trinajstić information content (AvgIpc) is 2.59. The predicted molar refractivity (Wildman–Crippen MR) is 104 cm³/mol. The van der Waals surface area contributed by atoms with E-state index in [0.29, 0.717) is 6.42 Å². The standard InChI is InChI=1S/C19H20BrN3O2/c1-14-5-7-15(8-6-14)13-21-23-19(25)4-2-3-18(24)22-17-11-9-16(20)10-12-17/h5-13H,2-4H2,1H3,(H,22,24)(H,23,25)/b21-13-. The molecular formula is C19H20BrN3O2. The molecule has 0 fully saturated rings. The van der Waals surface area contributed by atoms with Gasteiger partial charge in [0.2, 0.25) is 11.8 Å². The number of aryl methyl sites for hydroxylation is 1. The van der Waals surface area contributed by atoms with E-state index in [4.69, 9.17) is 0 Å². The zero-order valence-electron chi connectivity index (χ0n) is 14.0. The van der Waals surface area contributed by atoms with Gasteiger partial charge in [-0.15, -0.1) is 0 Å². The van der Waals surface area contributed by atoms with E-state index in [0.717, 1.165) is 15.7 Å². The summed E-state index contributed by atoms with van der Waals surface area (Å²) in [4.78, 5) is 23.5. The number of nitrogens with one attached hydrogen (secondary N) is 2. The fourth-order valence-electron chi connectivity index (χ4n) is 2.05. The lowest BCUT2D eigenvalue weighted by atomic mass is 10.2. The van der Waals surface area contributed by atoms with E-state index in [-0.39, 0.29) is 24.7 Å². The van der Waals surface area contributed by atoms with Gasteiger partial charge in [0.05, 0.1) is 6.21 Å². The molecule has 0 radical (unpaired) electrons. The molecule has 0 saturated heterocycles. The summed E-state index contributed by atoms with van der Waals surface area (Å²) < 4.78 is 0.952. The number of amides is 2. The van der Waals surface area contributed by atoms with E-state index in [1.54, 1.807) is 6.21 Å². The average molecular weight is 402 g/mol. The minimum atomic E-state index is -0.209. The molecular weight excluding hydrogens is 382 g/mol. The van der Waals surface area contributed by atoms with Crippen LogP contribution in [0.3, 0.4) is 0 Å². The van der Waals surface area contributed by atoms with Gasteiger partial charge in [-0.25, -0.2) is 5.43 Å². The minimum Gasteiger partial charge on any atom is -0.326 e. The highest BCUT2D eigenvalue weighted by Gasteiger charge is 2.05. The number of carbonyl (C=O) groups excluding carboxylic acids is 2. The molecule has 0 aliphatic heterocycles. The van der Waals surface area contributed by atoms with E-state index in [2.05, 4.69) is 31.8 Å². The molecule has 0 atom stereocenters. The van der Waals surface area contributed by atoms with Gasteiger partial charge < -0.3 is 5.32 Å². The fourth-order valence-corrected chi connectivity index (χ4v) is 2.32. The Kier molecular flexibility index (Phi) is 7.35. The third kappa shape index (κ3) is 7.30. The summed E-state index contributed by atoms with van der Waals surface area (Å²) in [5.41, 5.74) is 5.29. The summed E-state index contributed by atoms with van der Waals surface area (Å²) in [6.07, 6.45) is 2.59. The molecule has 0 aromatic heterocycles. The fraction of sp³-hybridized carbons (Fsp3) is 0.211. The monoisotopic (exact) mass is 401 g/mol. The van der Waals surface area contributed by atoms with Crippen molar-refractivity contribution in [2.24, 2.45) is 5.10 Å². The quantitative estimate of drug-likeness (QED) is 0.543. The van der Waals surface area contributed by atoms with Crippen molar-refractivity contribution in [1.29, 1.82) is 0 Å². The van der Waals surface area contributed by atoms with Gasteiger partial charge in [-0.2, -0.15) is 5.10 Å². The maximum absolute atomic E-state index is 11.8. The van der Waals surface area contributed by atoms with E-state index in [1.807, 2.05) is 55.5 Å². The van der Waals surface area contributed by atoms with Crippen LogP contribution in [0, 0.1) is 6.92 Å². The van der Waals surface area contributed by atoms with E-state index in [1.165, 1.54) is 5.56 Å². The van der Waals surface area contributed by atoms with Crippen molar-refractivity contribution in [2.45, 2.75) is 26.2 Å². The molecule has 2 N–H and O–H groups in total. The molecule has 0 saturated carbocycles. The summed E-state index contributed by atoms with van der Waals surface area (Å²) in [6, 6.07) is 15.2. The van der Waals surface area contributed by atoms with Crippen LogP contribution in [0.4, 0.5) is 5.69 Å². The highest BCUT2D eigenvalue weighted by Crippen LogP contribution is 2.14. The van der Waals surface area contributed by atoms with Crippen LogP contribution in [0.2, 0.25) is 0 Å². The summed E-state index contributed by atoms with van der Waals surface area (Å²) in [5, 5.41) is 6.71. The van der Waals surface area contributed by atoms with Crippen LogP contribution in [0.1, 0.15) is 30.4 Å². The van der Waals surface area contributed by atoms with Crippen molar-refractivity contribution in [3.05, 3.63) is 64.1 Å². The molecule has 6 heteroatoms. The van der Waals surface area contributed by atoms with Gasteiger partial charge in [-0.05, 0) is 43.2 Å². The molecule has 25 heavy (non-hydrogen) atoms. The molecule has 0 spiro atoms. The summed E-state index contributed by atoms with van der Waals surface area (Å²) in [7, 11) is 0. The van der Waals surface area contributed by atoms with Crippen molar-refractivity contribution in [3.63, 3.8) is 0 Å². The first kappa shape index (κ1) is 18.9. The maximum atomic E-state index is 11.8. The van der Waals surface area contributed by atoms with Gasteiger partial charge in [0, 0.05) is 23.0 Å². The molecule has 5 nitrogen and oxygen atoms in total. The Bertz CT molecular complexity index is 740. The SMILES string of the molecule is Cc1ccc(/C=N\NC(=O)CCCC(=O)Nc2ccc(Br)cc2)cc1. The second kappa shape index (κ2) is 9.74. The smallest absolute Gasteiger partial charge is 0.240 e. The van der Waals surface area contributed by atoms with Gasteiger partial charge in [0.25, 0.3) is 0 Å². The first-order valence-corrected chi connectivity index (χ1v) is 8.76. The third-order valence-electron chi connectivity index (χ3n) is 3.42. The number of nitrogens with zero attached hydrogens (tertiary/aromatic N) is 1. The molecule has 0 aliphatic rings. The lowest BCUT2D eigenvalue weighted by Gasteiger charge is -2.05. The van der Waals surface area contributed by atoms with Crippen LogP contribution in [0.5, 0.6) is 0 Å². The van der Waals surface area contributed by atoms with E-state index in [9.17, 15) is 9.59 Å². The molecule has 2 aromatic rings. The van der Waals surface area contributed by atoms with Gasteiger partial charge in [-0.3, -0.25) is 9.59 Å².